The number of hydrogen-bond acceptors (Lipinski definition) is 3. The van der Waals surface area contributed by atoms with E-state index in [4.69, 9.17) is 0 Å². The summed E-state index contributed by atoms with van der Waals surface area (Å²) in [4.78, 5) is 16.8. The fourth-order valence-electron chi connectivity index (χ4n) is 3.71. The standard InChI is InChI=1S/C19H29N3O/c23-19(20-15-17-7-3-1-4-8-17)16-21-11-13-22(14-12-21)18-9-5-2-6-10-18/h2,5-6,9-10,17H,1,3-4,7-8,11-16H2,(H,20,23). The summed E-state index contributed by atoms with van der Waals surface area (Å²) in [6.45, 7) is 5.36. The summed E-state index contributed by atoms with van der Waals surface area (Å²) in [5, 5.41) is 3.15. The molecule has 1 aromatic rings. The molecule has 3 rings (SSSR count). The molecular weight excluding hydrogens is 286 g/mol. The van der Waals surface area contributed by atoms with Gasteiger partial charge in [0.2, 0.25) is 5.91 Å². The van der Waals surface area contributed by atoms with Crippen LogP contribution in [0.4, 0.5) is 5.69 Å². The Hall–Kier alpha value is -1.55. The molecule has 23 heavy (non-hydrogen) atoms. The van der Waals surface area contributed by atoms with E-state index < -0.39 is 0 Å². The first-order valence-electron chi connectivity index (χ1n) is 9.10. The maximum absolute atomic E-state index is 12.1. The van der Waals surface area contributed by atoms with Crippen LogP contribution in [0.5, 0.6) is 0 Å². The number of carbonyl (C=O) groups excluding carboxylic acids is 1. The molecule has 1 saturated carbocycles. The molecule has 0 bridgehead atoms. The molecule has 1 aliphatic heterocycles. The Balaban J connectivity index is 1.36. The van der Waals surface area contributed by atoms with Crippen molar-refractivity contribution < 1.29 is 4.79 Å². The maximum atomic E-state index is 12.1. The van der Waals surface area contributed by atoms with Gasteiger partial charge in [-0.25, -0.2) is 0 Å². The summed E-state index contributed by atoms with van der Waals surface area (Å²) in [5.41, 5.74) is 1.29. The molecule has 1 heterocycles. The van der Waals surface area contributed by atoms with Gasteiger partial charge in [0.25, 0.3) is 0 Å². The van der Waals surface area contributed by atoms with Crippen LogP contribution < -0.4 is 10.2 Å². The monoisotopic (exact) mass is 315 g/mol. The lowest BCUT2D eigenvalue weighted by Crippen LogP contribution is -2.49. The molecule has 1 saturated heterocycles. The lowest BCUT2D eigenvalue weighted by molar-refractivity contribution is -0.122. The third-order valence-corrected chi connectivity index (χ3v) is 5.17. The second kappa shape index (κ2) is 8.34. The fraction of sp³-hybridized carbons (Fsp3) is 0.632. The zero-order valence-electron chi connectivity index (χ0n) is 14.0. The lowest BCUT2D eigenvalue weighted by Gasteiger charge is -2.35. The van der Waals surface area contributed by atoms with Crippen molar-refractivity contribution >= 4 is 11.6 Å². The molecule has 126 valence electrons. The van der Waals surface area contributed by atoms with Gasteiger partial charge in [-0.3, -0.25) is 9.69 Å². The van der Waals surface area contributed by atoms with Gasteiger partial charge in [0.05, 0.1) is 6.54 Å². The van der Waals surface area contributed by atoms with Crippen LogP contribution >= 0.6 is 0 Å². The number of anilines is 1. The van der Waals surface area contributed by atoms with Crippen LogP contribution in [0.25, 0.3) is 0 Å². The third kappa shape index (κ3) is 4.96. The van der Waals surface area contributed by atoms with Crippen molar-refractivity contribution in [1.29, 1.82) is 0 Å². The van der Waals surface area contributed by atoms with Crippen LogP contribution in [0.15, 0.2) is 30.3 Å². The summed E-state index contributed by atoms with van der Waals surface area (Å²) in [6.07, 6.45) is 6.62. The molecule has 1 amide bonds. The van der Waals surface area contributed by atoms with Crippen LogP contribution in [0.1, 0.15) is 32.1 Å². The number of piperazine rings is 1. The molecule has 1 aromatic carbocycles. The lowest BCUT2D eigenvalue weighted by atomic mass is 9.89. The first-order chi connectivity index (χ1) is 11.3. The van der Waals surface area contributed by atoms with E-state index in [0.717, 1.165) is 32.7 Å². The van der Waals surface area contributed by atoms with E-state index in [9.17, 15) is 4.79 Å². The summed E-state index contributed by atoms with van der Waals surface area (Å²) in [5.74, 6) is 0.909. The quantitative estimate of drug-likeness (QED) is 0.907. The first-order valence-corrected chi connectivity index (χ1v) is 9.10. The molecule has 4 heteroatoms. The second-order valence-corrected chi connectivity index (χ2v) is 6.91. The molecule has 1 aliphatic carbocycles. The maximum Gasteiger partial charge on any atom is 0.234 e. The van der Waals surface area contributed by atoms with Gasteiger partial charge in [-0.15, -0.1) is 0 Å². The molecule has 1 N–H and O–H groups in total. The smallest absolute Gasteiger partial charge is 0.234 e. The highest BCUT2D eigenvalue weighted by Gasteiger charge is 2.20. The van der Waals surface area contributed by atoms with E-state index in [-0.39, 0.29) is 5.91 Å². The van der Waals surface area contributed by atoms with E-state index in [0.29, 0.717) is 12.5 Å². The van der Waals surface area contributed by atoms with Crippen molar-refractivity contribution in [3.8, 4) is 0 Å². The predicted molar refractivity (Wildman–Crippen MR) is 94.7 cm³/mol. The van der Waals surface area contributed by atoms with Gasteiger partial charge in [0.15, 0.2) is 0 Å². The molecule has 0 spiro atoms. The summed E-state index contributed by atoms with van der Waals surface area (Å²) in [6, 6.07) is 10.5. The van der Waals surface area contributed by atoms with Crippen LogP contribution in [0.2, 0.25) is 0 Å². The normalized spacial score (nSPS) is 20.4. The average molecular weight is 315 g/mol. The van der Waals surface area contributed by atoms with Gasteiger partial charge < -0.3 is 10.2 Å². The SMILES string of the molecule is O=C(CN1CCN(c2ccccc2)CC1)NCC1CCCCC1. The first kappa shape index (κ1) is 16.3. The van der Waals surface area contributed by atoms with E-state index in [2.05, 4.69) is 45.4 Å². The summed E-state index contributed by atoms with van der Waals surface area (Å²) >= 11 is 0. The van der Waals surface area contributed by atoms with Gasteiger partial charge in [-0.2, -0.15) is 0 Å². The highest BCUT2D eigenvalue weighted by Crippen LogP contribution is 2.22. The van der Waals surface area contributed by atoms with Crippen molar-refractivity contribution in [2.75, 3.05) is 44.2 Å². The van der Waals surface area contributed by atoms with E-state index in [1.165, 1.54) is 37.8 Å². The van der Waals surface area contributed by atoms with Crippen LogP contribution in [-0.2, 0) is 4.79 Å². The molecule has 4 nitrogen and oxygen atoms in total. The van der Waals surface area contributed by atoms with Crippen LogP contribution in [0.3, 0.4) is 0 Å². The molecule has 0 aromatic heterocycles. The van der Waals surface area contributed by atoms with Gasteiger partial charge >= 0.3 is 0 Å². The number of para-hydroxylation sites is 1. The zero-order chi connectivity index (χ0) is 15.9. The summed E-state index contributed by atoms with van der Waals surface area (Å²) < 4.78 is 0. The predicted octanol–water partition coefficient (Wildman–Crippen LogP) is 2.51. The van der Waals surface area contributed by atoms with E-state index in [1.807, 2.05) is 0 Å². The molecule has 2 aliphatic rings. The fourth-order valence-corrected chi connectivity index (χ4v) is 3.71. The van der Waals surface area contributed by atoms with E-state index >= 15 is 0 Å². The van der Waals surface area contributed by atoms with Crippen molar-refractivity contribution in [2.24, 2.45) is 5.92 Å². The summed E-state index contributed by atoms with van der Waals surface area (Å²) in [7, 11) is 0. The highest BCUT2D eigenvalue weighted by atomic mass is 16.2. The van der Waals surface area contributed by atoms with Crippen LogP contribution in [-0.4, -0.2) is 50.1 Å². The van der Waals surface area contributed by atoms with Gasteiger partial charge in [0.1, 0.15) is 0 Å². The van der Waals surface area contributed by atoms with Crippen molar-refractivity contribution in [2.45, 2.75) is 32.1 Å². The van der Waals surface area contributed by atoms with Crippen LogP contribution in [0, 0.1) is 5.92 Å². The molecule has 0 unspecified atom stereocenters. The Labute approximate surface area is 139 Å². The Morgan fingerprint density at radius 3 is 2.39 bits per heavy atom. The van der Waals surface area contributed by atoms with E-state index in [1.54, 1.807) is 0 Å². The van der Waals surface area contributed by atoms with Crippen molar-refractivity contribution in [3.63, 3.8) is 0 Å². The zero-order valence-corrected chi connectivity index (χ0v) is 14.0. The highest BCUT2D eigenvalue weighted by molar-refractivity contribution is 5.78. The minimum absolute atomic E-state index is 0.198. The molecule has 0 atom stereocenters. The Morgan fingerprint density at radius 1 is 1.00 bits per heavy atom. The number of amides is 1. The topological polar surface area (TPSA) is 35.6 Å². The van der Waals surface area contributed by atoms with Crippen molar-refractivity contribution in [1.82, 2.24) is 10.2 Å². The van der Waals surface area contributed by atoms with Gasteiger partial charge in [-0.1, -0.05) is 37.5 Å². The number of carbonyl (C=O) groups is 1. The molecule has 0 radical (unpaired) electrons. The van der Waals surface area contributed by atoms with Crippen molar-refractivity contribution in [3.05, 3.63) is 30.3 Å². The third-order valence-electron chi connectivity index (χ3n) is 5.17. The van der Waals surface area contributed by atoms with Gasteiger partial charge in [-0.05, 0) is 30.9 Å². The number of benzene rings is 1. The minimum atomic E-state index is 0.198. The molecule has 2 fully saturated rings. The Bertz CT molecular complexity index is 477. The number of nitrogens with one attached hydrogen (secondary N) is 1. The average Bonchev–Trinajstić information content (AvgIpc) is 2.62. The largest absolute Gasteiger partial charge is 0.369 e. The second-order valence-electron chi connectivity index (χ2n) is 6.91. The Kier molecular flexibility index (Phi) is 5.92. The van der Waals surface area contributed by atoms with Gasteiger partial charge in [0, 0.05) is 38.4 Å². The Morgan fingerprint density at radius 2 is 1.70 bits per heavy atom. The number of nitrogens with zero attached hydrogens (tertiary/aromatic N) is 2. The number of rotatable bonds is 5. The number of hydrogen-bond donors (Lipinski definition) is 1. The minimum Gasteiger partial charge on any atom is -0.369 e. The molecular formula is C19H29N3O.